The Hall–Kier alpha value is -2.47. The van der Waals surface area contributed by atoms with E-state index in [1.165, 1.54) is 4.90 Å². The Morgan fingerprint density at radius 2 is 1.85 bits per heavy atom. The smallest absolute Gasteiger partial charge is 0.254 e. The van der Waals surface area contributed by atoms with E-state index in [2.05, 4.69) is 5.32 Å². The summed E-state index contributed by atoms with van der Waals surface area (Å²) >= 11 is 0. The summed E-state index contributed by atoms with van der Waals surface area (Å²) in [5.74, 6) is -0.0840. The Balaban J connectivity index is 2.02. The van der Waals surface area contributed by atoms with Crippen molar-refractivity contribution in [3.8, 4) is 0 Å². The Labute approximate surface area is 156 Å². The largest absolute Gasteiger partial charge is 0.332 e. The summed E-state index contributed by atoms with van der Waals surface area (Å²) in [5.41, 5.74) is 3.15. The number of likely N-dealkylation sites (N-methyl/N-ethyl adjacent to an activating group) is 1. The van der Waals surface area contributed by atoms with Crippen LogP contribution in [0.4, 0.5) is 5.69 Å². The minimum Gasteiger partial charge on any atom is -0.332 e. The van der Waals surface area contributed by atoms with Crippen molar-refractivity contribution in [3.63, 3.8) is 0 Å². The molecule has 2 aromatic rings. The molecule has 1 unspecified atom stereocenters. The van der Waals surface area contributed by atoms with Crippen molar-refractivity contribution in [1.82, 2.24) is 4.90 Å². The van der Waals surface area contributed by atoms with Gasteiger partial charge in [0.05, 0.1) is 6.54 Å². The fraction of sp³-hybridized carbons (Fsp3) is 0.300. The van der Waals surface area contributed by atoms with Crippen LogP contribution in [-0.4, -0.2) is 40.8 Å². The molecule has 5 nitrogen and oxygen atoms in total. The van der Waals surface area contributed by atoms with E-state index in [1.54, 1.807) is 31.5 Å². The van der Waals surface area contributed by atoms with Crippen LogP contribution in [0.1, 0.15) is 28.4 Å². The van der Waals surface area contributed by atoms with Crippen molar-refractivity contribution < 1.29 is 13.8 Å². The van der Waals surface area contributed by atoms with Gasteiger partial charge in [0, 0.05) is 41.1 Å². The monoisotopic (exact) mass is 372 g/mol. The third-order valence-electron chi connectivity index (χ3n) is 3.94. The average Bonchev–Trinajstić information content (AvgIpc) is 2.61. The Kier molecular flexibility index (Phi) is 7.09. The molecule has 0 aliphatic rings. The fourth-order valence-corrected chi connectivity index (χ4v) is 3.33. The zero-order chi connectivity index (χ0) is 19.1. The number of anilines is 1. The van der Waals surface area contributed by atoms with E-state index in [1.807, 2.05) is 37.3 Å². The average molecular weight is 372 g/mol. The van der Waals surface area contributed by atoms with Crippen LogP contribution in [0.2, 0.25) is 0 Å². The zero-order valence-electron chi connectivity index (χ0n) is 15.3. The molecule has 0 aromatic heterocycles. The SMILES string of the molecule is CCc1ccccc1NC(=O)CN(C)C(=O)c1cccc(CS(C)=O)c1. The number of aryl methyl sites for hydroxylation is 1. The lowest BCUT2D eigenvalue weighted by Gasteiger charge is -2.18. The first-order valence-electron chi connectivity index (χ1n) is 8.43. The molecule has 138 valence electrons. The summed E-state index contributed by atoms with van der Waals surface area (Å²) in [6.07, 6.45) is 2.44. The predicted octanol–water partition coefficient (Wildman–Crippen LogP) is 2.84. The van der Waals surface area contributed by atoms with Crippen molar-refractivity contribution in [2.24, 2.45) is 0 Å². The van der Waals surface area contributed by atoms with Crippen LogP contribution >= 0.6 is 0 Å². The topological polar surface area (TPSA) is 66.5 Å². The van der Waals surface area contributed by atoms with E-state index in [-0.39, 0.29) is 18.4 Å². The molecule has 0 saturated carbocycles. The molecule has 0 saturated heterocycles. The van der Waals surface area contributed by atoms with Crippen LogP contribution in [0.15, 0.2) is 48.5 Å². The van der Waals surface area contributed by atoms with Gasteiger partial charge in [-0.15, -0.1) is 0 Å². The number of carbonyl (C=O) groups is 2. The van der Waals surface area contributed by atoms with Gasteiger partial charge in [-0.2, -0.15) is 0 Å². The van der Waals surface area contributed by atoms with E-state index in [0.29, 0.717) is 11.3 Å². The molecule has 6 heteroatoms. The molecule has 0 radical (unpaired) electrons. The van der Waals surface area contributed by atoms with Gasteiger partial charge in [0.25, 0.3) is 5.91 Å². The molecule has 2 aromatic carbocycles. The number of carbonyl (C=O) groups excluding carboxylic acids is 2. The first-order chi connectivity index (χ1) is 12.4. The highest BCUT2D eigenvalue weighted by Gasteiger charge is 2.16. The second kappa shape index (κ2) is 9.29. The maximum Gasteiger partial charge on any atom is 0.254 e. The Morgan fingerprint density at radius 1 is 1.12 bits per heavy atom. The van der Waals surface area contributed by atoms with Gasteiger partial charge in [-0.25, -0.2) is 0 Å². The van der Waals surface area contributed by atoms with Crippen molar-refractivity contribution in [3.05, 3.63) is 65.2 Å². The zero-order valence-corrected chi connectivity index (χ0v) is 16.1. The first-order valence-corrected chi connectivity index (χ1v) is 10.2. The van der Waals surface area contributed by atoms with Crippen LogP contribution in [-0.2, 0) is 27.8 Å². The molecule has 0 bridgehead atoms. The summed E-state index contributed by atoms with van der Waals surface area (Å²) in [4.78, 5) is 26.2. The summed E-state index contributed by atoms with van der Waals surface area (Å²) in [6, 6.07) is 14.6. The van der Waals surface area contributed by atoms with Crippen molar-refractivity contribution in [2.75, 3.05) is 25.2 Å². The maximum absolute atomic E-state index is 12.6. The highest BCUT2D eigenvalue weighted by Crippen LogP contribution is 2.15. The number of amides is 2. The quantitative estimate of drug-likeness (QED) is 0.813. The highest BCUT2D eigenvalue weighted by molar-refractivity contribution is 7.83. The first kappa shape index (κ1) is 19.8. The molecule has 0 fully saturated rings. The van der Waals surface area contributed by atoms with Gasteiger partial charge in [-0.1, -0.05) is 37.3 Å². The number of hydrogen-bond donors (Lipinski definition) is 1. The fourth-order valence-electron chi connectivity index (χ4n) is 2.68. The van der Waals surface area contributed by atoms with E-state index in [9.17, 15) is 13.8 Å². The Bertz CT molecular complexity index is 820. The molecule has 0 aliphatic heterocycles. The molecular weight excluding hydrogens is 348 g/mol. The van der Waals surface area contributed by atoms with E-state index in [4.69, 9.17) is 0 Å². The maximum atomic E-state index is 12.6. The lowest BCUT2D eigenvalue weighted by Crippen LogP contribution is -2.35. The number of rotatable bonds is 7. The lowest BCUT2D eigenvalue weighted by molar-refractivity contribution is -0.116. The predicted molar refractivity (Wildman–Crippen MR) is 106 cm³/mol. The van der Waals surface area contributed by atoms with Crippen LogP contribution < -0.4 is 5.32 Å². The van der Waals surface area contributed by atoms with Crippen molar-refractivity contribution in [1.29, 1.82) is 0 Å². The number of nitrogens with one attached hydrogen (secondary N) is 1. The highest BCUT2D eigenvalue weighted by atomic mass is 32.2. The number of para-hydroxylation sites is 1. The summed E-state index contributed by atoms with van der Waals surface area (Å²) < 4.78 is 11.4. The number of benzene rings is 2. The van der Waals surface area contributed by atoms with Crippen LogP contribution in [0.5, 0.6) is 0 Å². The van der Waals surface area contributed by atoms with Crippen LogP contribution in [0.25, 0.3) is 0 Å². The molecule has 0 spiro atoms. The Morgan fingerprint density at radius 3 is 2.54 bits per heavy atom. The van der Waals surface area contributed by atoms with Gasteiger partial charge < -0.3 is 10.2 Å². The summed E-state index contributed by atoms with van der Waals surface area (Å²) in [6.45, 7) is 1.98. The third-order valence-corrected chi connectivity index (χ3v) is 4.68. The molecular formula is C20H24N2O3S. The summed E-state index contributed by atoms with van der Waals surface area (Å²) in [5, 5.41) is 2.86. The van der Waals surface area contributed by atoms with Gasteiger partial charge in [0.2, 0.25) is 5.91 Å². The van der Waals surface area contributed by atoms with Crippen LogP contribution in [0.3, 0.4) is 0 Å². The van der Waals surface area contributed by atoms with E-state index in [0.717, 1.165) is 23.2 Å². The number of nitrogens with zero attached hydrogens (tertiary/aromatic N) is 1. The third kappa shape index (κ3) is 5.52. The van der Waals surface area contributed by atoms with Gasteiger partial charge in [0.15, 0.2) is 0 Å². The molecule has 1 N–H and O–H groups in total. The van der Waals surface area contributed by atoms with E-state index >= 15 is 0 Å². The van der Waals surface area contributed by atoms with Crippen molar-refractivity contribution >= 4 is 28.3 Å². The minimum absolute atomic E-state index is 0.0409. The molecule has 0 heterocycles. The van der Waals surface area contributed by atoms with Gasteiger partial charge >= 0.3 is 0 Å². The second-order valence-corrected chi connectivity index (χ2v) is 7.57. The molecule has 2 amide bonds. The van der Waals surface area contributed by atoms with Crippen LogP contribution in [0, 0.1) is 0 Å². The molecule has 0 aliphatic carbocycles. The molecule has 2 rings (SSSR count). The van der Waals surface area contributed by atoms with E-state index < -0.39 is 10.8 Å². The standard InChI is InChI=1S/C20H24N2O3S/c1-4-16-9-5-6-11-18(16)21-19(23)13-22(2)20(24)17-10-7-8-15(12-17)14-26(3)25/h5-12H,4,13-14H2,1-3H3,(H,21,23). The molecule has 1 atom stereocenters. The number of hydrogen-bond acceptors (Lipinski definition) is 3. The lowest BCUT2D eigenvalue weighted by atomic mass is 10.1. The van der Waals surface area contributed by atoms with Gasteiger partial charge in [-0.3, -0.25) is 13.8 Å². The van der Waals surface area contributed by atoms with Crippen molar-refractivity contribution in [2.45, 2.75) is 19.1 Å². The minimum atomic E-state index is -0.973. The normalized spacial score (nSPS) is 11.7. The van der Waals surface area contributed by atoms with Gasteiger partial charge in [-0.05, 0) is 35.7 Å². The van der Waals surface area contributed by atoms with Gasteiger partial charge in [0.1, 0.15) is 0 Å². The molecule has 26 heavy (non-hydrogen) atoms. The second-order valence-electron chi connectivity index (χ2n) is 6.14. The summed E-state index contributed by atoms with van der Waals surface area (Å²) in [7, 11) is 0.623.